The summed E-state index contributed by atoms with van der Waals surface area (Å²) in [4.78, 5) is 37.6. The van der Waals surface area contributed by atoms with Gasteiger partial charge in [0.1, 0.15) is 12.1 Å². The molecule has 2 aromatic heterocycles. The smallest absolute Gasteiger partial charge is 0.248 e. The number of hydrogen-bond acceptors (Lipinski definition) is 7. The van der Waals surface area contributed by atoms with E-state index < -0.39 is 29.6 Å². The minimum absolute atomic E-state index is 0.0930. The Balaban J connectivity index is 1.59. The van der Waals surface area contributed by atoms with Crippen LogP contribution in [0.5, 0.6) is 0 Å². The number of carbonyl (C=O) groups is 2. The molecule has 3 unspecified atom stereocenters. The Morgan fingerprint density at radius 2 is 1.74 bits per heavy atom. The van der Waals surface area contributed by atoms with E-state index in [4.69, 9.17) is 0 Å². The SMILES string of the molecule is CC(C)(C)C(NC(=O)C1CC(O)CN1C(=O)[C@@H](n1cc(C2CC2)nn1)C(C)(C)C)c1ncccn1. The number of rotatable bonds is 6. The highest BCUT2D eigenvalue weighted by molar-refractivity contribution is 5.90. The van der Waals surface area contributed by atoms with Crippen LogP contribution in [0.4, 0.5) is 0 Å². The lowest BCUT2D eigenvalue weighted by molar-refractivity contribution is -0.144. The van der Waals surface area contributed by atoms with Crippen LogP contribution in [0.25, 0.3) is 0 Å². The molecule has 0 radical (unpaired) electrons. The van der Waals surface area contributed by atoms with Crippen molar-refractivity contribution in [3.8, 4) is 0 Å². The zero-order valence-electron chi connectivity index (χ0n) is 21.5. The molecular weight excluding hydrogens is 446 g/mol. The van der Waals surface area contributed by atoms with E-state index in [2.05, 4.69) is 25.6 Å². The largest absolute Gasteiger partial charge is 0.391 e. The van der Waals surface area contributed by atoms with Crippen molar-refractivity contribution >= 4 is 11.8 Å². The number of amides is 2. The van der Waals surface area contributed by atoms with E-state index in [1.807, 2.05) is 47.7 Å². The number of nitrogens with zero attached hydrogens (tertiary/aromatic N) is 6. The number of aliphatic hydroxyl groups excluding tert-OH is 1. The Kier molecular flexibility index (Phi) is 6.70. The standard InChI is InChI=1S/C25H37N7O3/c1-24(2,3)19(21-26-10-7-11-27-21)28-22(34)18-12-16(33)13-31(18)23(35)20(25(4,5)6)32-14-17(29-30-32)15-8-9-15/h7,10-11,14-16,18-20,33H,8-9,12-13H2,1-6H3,(H,28,34)/t16?,18?,19?,20-/m1/s1. The maximum absolute atomic E-state index is 13.9. The molecule has 2 amide bonds. The van der Waals surface area contributed by atoms with Gasteiger partial charge in [0.2, 0.25) is 11.8 Å². The summed E-state index contributed by atoms with van der Waals surface area (Å²) in [5.74, 6) is 0.352. The fraction of sp³-hybridized carbons (Fsp3) is 0.680. The van der Waals surface area contributed by atoms with Gasteiger partial charge in [-0.05, 0) is 29.7 Å². The summed E-state index contributed by atoms with van der Waals surface area (Å²) in [6.45, 7) is 12.0. The van der Waals surface area contributed by atoms with E-state index in [-0.39, 0.29) is 30.2 Å². The summed E-state index contributed by atoms with van der Waals surface area (Å²) in [5.41, 5.74) is 0.0573. The number of nitrogens with one attached hydrogen (secondary N) is 1. The molecule has 4 rings (SSSR count). The molecule has 1 aliphatic heterocycles. The van der Waals surface area contributed by atoms with Crippen molar-refractivity contribution in [2.75, 3.05) is 6.54 Å². The quantitative estimate of drug-likeness (QED) is 0.646. The van der Waals surface area contributed by atoms with Crippen molar-refractivity contribution in [2.45, 2.75) is 91.0 Å². The second-order valence-corrected chi connectivity index (χ2v) is 12.0. The summed E-state index contributed by atoms with van der Waals surface area (Å²) in [7, 11) is 0. The molecule has 35 heavy (non-hydrogen) atoms. The zero-order valence-corrected chi connectivity index (χ0v) is 21.5. The molecule has 2 fully saturated rings. The molecule has 0 aromatic carbocycles. The molecule has 10 nitrogen and oxygen atoms in total. The molecule has 4 atom stereocenters. The number of β-amino-alcohol motifs (C(OH)–C–C–N with tert-alkyl or cyclic N) is 1. The lowest BCUT2D eigenvalue weighted by atomic mass is 9.85. The summed E-state index contributed by atoms with van der Waals surface area (Å²) in [6.07, 6.45) is 6.71. The molecule has 190 valence electrons. The van der Waals surface area contributed by atoms with Gasteiger partial charge in [-0.1, -0.05) is 46.8 Å². The lowest BCUT2D eigenvalue weighted by Crippen LogP contribution is -2.52. The summed E-state index contributed by atoms with van der Waals surface area (Å²) >= 11 is 0. The van der Waals surface area contributed by atoms with E-state index in [1.54, 1.807) is 23.1 Å². The molecular formula is C25H37N7O3. The first-order valence-corrected chi connectivity index (χ1v) is 12.3. The van der Waals surface area contributed by atoms with E-state index >= 15 is 0 Å². The first kappa shape index (κ1) is 25.2. The van der Waals surface area contributed by atoms with Gasteiger partial charge < -0.3 is 15.3 Å². The average molecular weight is 484 g/mol. The molecule has 1 aliphatic carbocycles. The van der Waals surface area contributed by atoms with Gasteiger partial charge in [-0.3, -0.25) is 9.59 Å². The van der Waals surface area contributed by atoms with Crippen molar-refractivity contribution in [3.05, 3.63) is 36.2 Å². The van der Waals surface area contributed by atoms with Crippen LogP contribution in [0.3, 0.4) is 0 Å². The maximum atomic E-state index is 13.9. The fourth-order valence-corrected chi connectivity index (χ4v) is 4.69. The molecule has 3 heterocycles. The van der Waals surface area contributed by atoms with Crippen LogP contribution in [-0.2, 0) is 9.59 Å². The highest BCUT2D eigenvalue weighted by atomic mass is 16.3. The summed E-state index contributed by atoms with van der Waals surface area (Å²) < 4.78 is 1.63. The highest BCUT2D eigenvalue weighted by Crippen LogP contribution is 2.40. The Bertz CT molecular complexity index is 1050. The average Bonchev–Trinajstić information content (AvgIpc) is 3.38. The van der Waals surface area contributed by atoms with E-state index in [0.29, 0.717) is 11.7 Å². The van der Waals surface area contributed by atoms with Gasteiger partial charge in [0.05, 0.1) is 17.8 Å². The second kappa shape index (κ2) is 9.29. The molecule has 2 N–H and O–H groups in total. The van der Waals surface area contributed by atoms with E-state index in [9.17, 15) is 14.7 Å². The van der Waals surface area contributed by atoms with Crippen molar-refractivity contribution in [3.63, 3.8) is 0 Å². The maximum Gasteiger partial charge on any atom is 0.248 e. The van der Waals surface area contributed by atoms with E-state index in [1.165, 1.54) is 4.90 Å². The number of likely N-dealkylation sites (tertiary alicyclic amines) is 1. The van der Waals surface area contributed by atoms with Crippen LogP contribution in [0, 0.1) is 10.8 Å². The number of aromatic nitrogens is 5. The minimum Gasteiger partial charge on any atom is -0.391 e. The predicted octanol–water partition coefficient (Wildman–Crippen LogP) is 2.40. The van der Waals surface area contributed by atoms with Crippen molar-refractivity contribution in [1.29, 1.82) is 0 Å². The van der Waals surface area contributed by atoms with Gasteiger partial charge in [-0.2, -0.15) is 0 Å². The fourth-order valence-electron chi connectivity index (χ4n) is 4.69. The number of hydrogen-bond donors (Lipinski definition) is 2. The van der Waals surface area contributed by atoms with Crippen LogP contribution >= 0.6 is 0 Å². The molecule has 1 saturated heterocycles. The van der Waals surface area contributed by atoms with Gasteiger partial charge in [0.25, 0.3) is 0 Å². The molecule has 0 bridgehead atoms. The molecule has 2 aliphatic rings. The third-order valence-corrected chi connectivity index (χ3v) is 6.70. The first-order chi connectivity index (χ1) is 16.4. The first-order valence-electron chi connectivity index (χ1n) is 12.3. The Morgan fingerprint density at radius 1 is 1.09 bits per heavy atom. The molecule has 1 saturated carbocycles. The summed E-state index contributed by atoms with van der Waals surface area (Å²) in [5, 5.41) is 22.1. The Morgan fingerprint density at radius 3 is 2.31 bits per heavy atom. The third kappa shape index (κ3) is 5.52. The van der Waals surface area contributed by atoms with Crippen LogP contribution in [0.1, 0.15) is 90.3 Å². The van der Waals surface area contributed by atoms with Crippen LogP contribution < -0.4 is 5.32 Å². The highest BCUT2D eigenvalue weighted by Gasteiger charge is 2.46. The Hall–Kier alpha value is -2.88. The monoisotopic (exact) mass is 483 g/mol. The Labute approximate surface area is 206 Å². The van der Waals surface area contributed by atoms with Gasteiger partial charge in [0, 0.05) is 37.5 Å². The lowest BCUT2D eigenvalue weighted by Gasteiger charge is -2.36. The number of carbonyl (C=O) groups excluding carboxylic acids is 2. The molecule has 0 spiro atoms. The topological polar surface area (TPSA) is 126 Å². The molecule has 10 heteroatoms. The minimum atomic E-state index is -0.803. The van der Waals surface area contributed by atoms with Gasteiger partial charge in [-0.25, -0.2) is 14.6 Å². The third-order valence-electron chi connectivity index (χ3n) is 6.70. The van der Waals surface area contributed by atoms with Crippen LogP contribution in [0.15, 0.2) is 24.7 Å². The predicted molar refractivity (Wildman–Crippen MR) is 129 cm³/mol. The van der Waals surface area contributed by atoms with Gasteiger partial charge >= 0.3 is 0 Å². The molecule has 2 aromatic rings. The van der Waals surface area contributed by atoms with Crippen LogP contribution in [-0.4, -0.2) is 65.5 Å². The van der Waals surface area contributed by atoms with Crippen molar-refractivity contribution in [1.82, 2.24) is 35.2 Å². The summed E-state index contributed by atoms with van der Waals surface area (Å²) in [6, 6.07) is -0.188. The second-order valence-electron chi connectivity index (χ2n) is 12.0. The zero-order chi connectivity index (χ0) is 25.5. The normalized spacial score (nSPS) is 22.7. The van der Waals surface area contributed by atoms with E-state index in [0.717, 1.165) is 18.5 Å². The van der Waals surface area contributed by atoms with Crippen molar-refractivity contribution < 1.29 is 14.7 Å². The van der Waals surface area contributed by atoms with Crippen molar-refractivity contribution in [2.24, 2.45) is 10.8 Å². The van der Waals surface area contributed by atoms with Gasteiger partial charge in [0.15, 0.2) is 5.82 Å². The van der Waals surface area contributed by atoms with Crippen LogP contribution in [0.2, 0.25) is 0 Å². The number of aliphatic hydroxyl groups is 1. The van der Waals surface area contributed by atoms with Gasteiger partial charge in [-0.15, -0.1) is 5.10 Å².